The van der Waals surface area contributed by atoms with E-state index in [0.717, 1.165) is 28.3 Å². The molecule has 2 heterocycles. The summed E-state index contributed by atoms with van der Waals surface area (Å²) < 4.78 is 13.3. The zero-order valence-corrected chi connectivity index (χ0v) is 15.2. The number of aryl methyl sites for hydroxylation is 2. The molecule has 0 spiro atoms. The van der Waals surface area contributed by atoms with Crippen LogP contribution in [0.3, 0.4) is 0 Å². The number of rotatable bonds is 5. The summed E-state index contributed by atoms with van der Waals surface area (Å²) in [6.45, 7) is 2.52. The van der Waals surface area contributed by atoms with Crippen LogP contribution in [0.15, 0.2) is 33.8 Å². The van der Waals surface area contributed by atoms with E-state index in [-0.39, 0.29) is 5.69 Å². The molecule has 0 aliphatic rings. The van der Waals surface area contributed by atoms with Crippen molar-refractivity contribution < 1.29 is 14.1 Å². The lowest BCUT2D eigenvalue weighted by Gasteiger charge is -2.04. The van der Waals surface area contributed by atoms with Crippen molar-refractivity contribution in [2.45, 2.75) is 13.5 Å². The molecule has 0 aliphatic carbocycles. The summed E-state index contributed by atoms with van der Waals surface area (Å²) in [5.41, 5.74) is 1.26. The fourth-order valence-electron chi connectivity index (χ4n) is 2.28. The van der Waals surface area contributed by atoms with Gasteiger partial charge in [0, 0.05) is 18.4 Å². The topological polar surface area (TPSA) is 69.6 Å². The largest absolute Gasteiger partial charge is 0.497 e. The molecule has 3 aromatic rings. The monoisotopic (exact) mass is 363 g/mol. The predicted octanol–water partition coefficient (Wildman–Crippen LogP) is 3.11. The Labute approximate surface area is 147 Å². The molecule has 0 saturated carbocycles. The highest BCUT2D eigenvalue weighted by atomic mass is 32.2. The van der Waals surface area contributed by atoms with Gasteiger partial charge in [0.1, 0.15) is 11.5 Å². The molecule has 0 aliphatic heterocycles. The van der Waals surface area contributed by atoms with Crippen LogP contribution in [0.1, 0.15) is 16.2 Å². The first-order chi connectivity index (χ1) is 11.6. The van der Waals surface area contributed by atoms with E-state index >= 15 is 0 Å². The summed E-state index contributed by atoms with van der Waals surface area (Å²) in [4.78, 5) is 17.2. The minimum atomic E-state index is -0.400. The van der Waals surface area contributed by atoms with Crippen molar-refractivity contribution in [3.63, 3.8) is 0 Å². The van der Waals surface area contributed by atoms with Crippen LogP contribution in [0.4, 0.5) is 0 Å². The molecule has 0 fully saturated rings. The Morgan fingerprint density at radius 2 is 2.29 bits per heavy atom. The summed E-state index contributed by atoms with van der Waals surface area (Å²) in [5, 5.41) is 3.74. The van der Waals surface area contributed by atoms with Gasteiger partial charge >= 0.3 is 5.91 Å². The zero-order valence-electron chi connectivity index (χ0n) is 13.6. The highest BCUT2D eigenvalue weighted by Gasteiger charge is 2.12. The molecule has 6 nitrogen and oxygen atoms in total. The third kappa shape index (κ3) is 3.39. The molecule has 0 radical (unpaired) electrons. The normalized spacial score (nSPS) is 12.0. The van der Waals surface area contributed by atoms with E-state index in [1.807, 2.05) is 18.2 Å². The first-order valence-corrected chi connectivity index (χ1v) is 9.52. The number of ether oxygens (including phenoxy) is 1. The molecular formula is C16H17N3O3S2. The van der Waals surface area contributed by atoms with Gasteiger partial charge in [-0.3, -0.25) is 4.79 Å². The summed E-state index contributed by atoms with van der Waals surface area (Å²) in [6.07, 6.45) is 2.05. The standard InChI is InChI=1S/C16H17N3O3S2/c1-10-8-12(18-22-10)15(20)17-16-19(6-7-23-3)13-5-4-11(21-2)9-14(13)24-16/h4-5,8-9H,6-7H2,1-3H3. The summed E-state index contributed by atoms with van der Waals surface area (Å²) in [6, 6.07) is 7.46. The van der Waals surface area contributed by atoms with Gasteiger partial charge < -0.3 is 13.8 Å². The Balaban J connectivity index is 2.10. The minimum Gasteiger partial charge on any atom is -0.497 e. The molecule has 126 valence electrons. The molecular weight excluding hydrogens is 346 g/mol. The van der Waals surface area contributed by atoms with Crippen LogP contribution in [0, 0.1) is 6.92 Å². The van der Waals surface area contributed by atoms with Crippen LogP contribution in [-0.4, -0.2) is 34.7 Å². The minimum absolute atomic E-state index is 0.221. The van der Waals surface area contributed by atoms with E-state index in [9.17, 15) is 4.79 Å². The van der Waals surface area contributed by atoms with Gasteiger partial charge in [0.2, 0.25) is 0 Å². The Hall–Kier alpha value is -2.06. The maximum atomic E-state index is 12.3. The van der Waals surface area contributed by atoms with Crippen LogP contribution in [0.2, 0.25) is 0 Å². The van der Waals surface area contributed by atoms with Gasteiger partial charge in [0.15, 0.2) is 10.5 Å². The van der Waals surface area contributed by atoms with Crippen LogP contribution < -0.4 is 9.54 Å². The molecule has 1 aromatic carbocycles. The molecule has 24 heavy (non-hydrogen) atoms. The smallest absolute Gasteiger partial charge is 0.301 e. The Morgan fingerprint density at radius 1 is 1.46 bits per heavy atom. The van der Waals surface area contributed by atoms with Gasteiger partial charge in [-0.05, 0) is 31.4 Å². The number of aromatic nitrogens is 2. The number of hydrogen-bond donors (Lipinski definition) is 0. The third-order valence-electron chi connectivity index (χ3n) is 3.45. The maximum Gasteiger partial charge on any atom is 0.301 e. The Morgan fingerprint density at radius 3 is 2.96 bits per heavy atom. The Bertz CT molecular complexity index is 940. The SMILES string of the molecule is COc1ccc2c(c1)sc(=NC(=O)c1cc(C)on1)n2CCSC. The van der Waals surface area contributed by atoms with Crippen molar-refractivity contribution >= 4 is 39.2 Å². The fourth-order valence-corrected chi connectivity index (χ4v) is 3.72. The quantitative estimate of drug-likeness (QED) is 0.697. The molecule has 0 atom stereocenters. The van der Waals surface area contributed by atoms with Crippen molar-refractivity contribution in [1.82, 2.24) is 9.72 Å². The number of carbonyl (C=O) groups excluding carboxylic acids is 1. The summed E-state index contributed by atoms with van der Waals surface area (Å²) in [5.74, 6) is 1.90. The van der Waals surface area contributed by atoms with Crippen molar-refractivity contribution in [3.8, 4) is 5.75 Å². The molecule has 2 aromatic heterocycles. The van der Waals surface area contributed by atoms with E-state index in [4.69, 9.17) is 9.26 Å². The number of amides is 1. The molecule has 0 bridgehead atoms. The van der Waals surface area contributed by atoms with Crippen molar-refractivity contribution in [2.75, 3.05) is 19.1 Å². The average Bonchev–Trinajstić information content (AvgIpc) is 3.15. The van der Waals surface area contributed by atoms with Gasteiger partial charge in [-0.2, -0.15) is 16.8 Å². The lowest BCUT2D eigenvalue weighted by molar-refractivity contribution is 0.0989. The van der Waals surface area contributed by atoms with E-state index < -0.39 is 5.91 Å². The first-order valence-electron chi connectivity index (χ1n) is 7.31. The number of thioether (sulfide) groups is 1. The van der Waals surface area contributed by atoms with E-state index in [1.54, 1.807) is 31.9 Å². The number of nitrogens with zero attached hydrogens (tertiary/aromatic N) is 3. The average molecular weight is 363 g/mol. The van der Waals surface area contributed by atoms with E-state index in [0.29, 0.717) is 10.6 Å². The molecule has 8 heteroatoms. The predicted molar refractivity (Wildman–Crippen MR) is 95.9 cm³/mol. The number of methoxy groups -OCH3 is 1. The van der Waals surface area contributed by atoms with Crippen LogP contribution in [0.25, 0.3) is 10.2 Å². The molecule has 1 amide bonds. The Kier molecular flexibility index (Phi) is 5.06. The summed E-state index contributed by atoms with van der Waals surface area (Å²) >= 11 is 3.21. The van der Waals surface area contributed by atoms with Gasteiger partial charge in [0.25, 0.3) is 0 Å². The summed E-state index contributed by atoms with van der Waals surface area (Å²) in [7, 11) is 1.64. The second kappa shape index (κ2) is 7.23. The third-order valence-corrected chi connectivity index (χ3v) is 5.09. The molecule has 0 saturated heterocycles. The zero-order chi connectivity index (χ0) is 17.1. The molecule has 3 rings (SSSR count). The second-order valence-corrected chi connectivity index (χ2v) is 7.10. The number of carbonyl (C=O) groups is 1. The fraction of sp³-hybridized carbons (Fsp3) is 0.312. The van der Waals surface area contributed by atoms with Crippen LogP contribution in [-0.2, 0) is 6.54 Å². The van der Waals surface area contributed by atoms with Gasteiger partial charge in [-0.25, -0.2) is 0 Å². The molecule has 0 unspecified atom stereocenters. The van der Waals surface area contributed by atoms with E-state index in [2.05, 4.69) is 21.0 Å². The lowest BCUT2D eigenvalue weighted by Crippen LogP contribution is -2.18. The number of benzene rings is 1. The van der Waals surface area contributed by atoms with Crippen molar-refractivity contribution in [2.24, 2.45) is 4.99 Å². The highest BCUT2D eigenvalue weighted by molar-refractivity contribution is 7.98. The lowest BCUT2D eigenvalue weighted by atomic mass is 10.3. The van der Waals surface area contributed by atoms with Crippen molar-refractivity contribution in [1.29, 1.82) is 0 Å². The first kappa shape index (κ1) is 16.8. The molecule has 0 N–H and O–H groups in total. The van der Waals surface area contributed by atoms with Crippen LogP contribution >= 0.6 is 23.1 Å². The maximum absolute atomic E-state index is 12.3. The second-order valence-electron chi connectivity index (χ2n) is 5.10. The van der Waals surface area contributed by atoms with Gasteiger partial charge in [-0.15, -0.1) is 0 Å². The van der Waals surface area contributed by atoms with Crippen molar-refractivity contribution in [3.05, 3.63) is 40.5 Å². The van der Waals surface area contributed by atoms with E-state index in [1.165, 1.54) is 11.3 Å². The number of thiazole rings is 1. The van der Waals surface area contributed by atoms with Crippen LogP contribution in [0.5, 0.6) is 5.75 Å². The van der Waals surface area contributed by atoms with Gasteiger partial charge in [-0.1, -0.05) is 16.5 Å². The highest BCUT2D eigenvalue weighted by Crippen LogP contribution is 2.23. The van der Waals surface area contributed by atoms with Gasteiger partial charge in [0.05, 0.1) is 17.3 Å². The number of hydrogen-bond acceptors (Lipinski definition) is 6. The number of fused-ring (bicyclic) bond motifs is 1.